The molecule has 0 aliphatic carbocycles. The van der Waals surface area contributed by atoms with E-state index in [4.69, 9.17) is 38.6 Å². The van der Waals surface area contributed by atoms with Gasteiger partial charge in [0.25, 0.3) is 11.8 Å². The number of nitrogens with zero attached hydrogens (tertiary/aromatic N) is 5. The van der Waals surface area contributed by atoms with Gasteiger partial charge in [-0.2, -0.15) is 0 Å². The molecular formula is C55H79N19O9S3. The van der Waals surface area contributed by atoms with Gasteiger partial charge in [0.15, 0.2) is 0 Å². The highest BCUT2D eigenvalue weighted by Gasteiger charge is 2.35. The van der Waals surface area contributed by atoms with Crippen molar-refractivity contribution < 1.29 is 43.8 Å². The first-order valence-electron chi connectivity index (χ1n) is 28.2. The summed E-state index contributed by atoms with van der Waals surface area (Å²) in [4.78, 5) is 118. The van der Waals surface area contributed by atoms with Crippen molar-refractivity contribution in [1.29, 1.82) is 0 Å². The molecular weight excluding hydrogens is 1170 g/mol. The molecule has 8 atom stereocenters. The monoisotopic (exact) mass is 1250 g/mol. The van der Waals surface area contributed by atoms with Gasteiger partial charge in [-0.1, -0.05) is 25.1 Å². The van der Waals surface area contributed by atoms with Gasteiger partial charge in [0.2, 0.25) is 29.5 Å². The Morgan fingerprint density at radius 2 is 1.40 bits per heavy atom. The number of fused-ring (bicyclic) bond motifs is 1. The number of aliphatic hydroxyl groups is 2. The van der Waals surface area contributed by atoms with E-state index in [1.165, 1.54) is 61.7 Å². The number of hydrogen-bond donors (Lipinski definition) is 16. The highest BCUT2D eigenvalue weighted by molar-refractivity contribution is 7.16. The van der Waals surface area contributed by atoms with Gasteiger partial charge in [-0.25, -0.2) is 24.9 Å². The molecule has 0 aliphatic rings. The van der Waals surface area contributed by atoms with Crippen LogP contribution in [0, 0.1) is 12.8 Å². The van der Waals surface area contributed by atoms with E-state index in [2.05, 4.69) is 62.5 Å². The summed E-state index contributed by atoms with van der Waals surface area (Å²) in [6, 6.07) is 1.22. The predicted octanol–water partition coefficient (Wildman–Crippen LogP) is -0.634. The van der Waals surface area contributed by atoms with E-state index in [0.717, 1.165) is 62.8 Å². The fourth-order valence-corrected chi connectivity index (χ4v) is 11.2. The Bertz CT molecular complexity index is 3240. The minimum atomic E-state index is -1.55. The SMILES string of the molecule is Cc1c(N)nc([C@H](CC(N)=O)NC[C@H](N)C(N)=O)nc1C(=O)N[C@@H](Cc1c[nH]c2ccccc12)C(=O)N[C@H](C)[C@@H](O)[C@H](C)C(=O)N[C@H](C(=O)NCCc1nc(-c2nc(-c3nc(C(=O)NCCCNCCCCNCCCN)cs3)cs2)cs1)[C@@H](C)O. The van der Waals surface area contributed by atoms with Crippen molar-refractivity contribution in [2.75, 3.05) is 58.1 Å². The topological polar surface area (TPSA) is 467 Å². The van der Waals surface area contributed by atoms with E-state index in [0.29, 0.717) is 57.2 Å². The lowest BCUT2D eigenvalue weighted by Gasteiger charge is -2.29. The molecule has 0 saturated heterocycles. The standard InChI is InChI=1S/C55H79N19O9S3/c1-28-43(72-48(74-46(28)59)36(22-41(58)76)66-24-34(57)47(60)78)53(83)69-37(21-32-23-65-35-12-6-5-11-33(32)35)51(81)67-30(3)45(77)29(2)49(79)73-44(31(4)75)52(82)64-20-13-42-68-39(26-84-42)54-71-40(27-86-54)55-70-38(25-85-55)50(80)63-19-10-18-62-16-8-7-15-61-17-9-14-56/h5-6,11-12,23,25-27,29-31,34,36-37,44-45,61-62,65-66,75,77H,7-10,13-22,24,56-57H2,1-4H3,(H2,58,76)(H2,60,78)(H,63,80)(H,64,82)(H,67,81)(H,69,83)(H,73,79)(H2,59,72,74)/t29-,30+,31+,34-,36-,37-,44-,45-/m0/s1. The van der Waals surface area contributed by atoms with Crippen LogP contribution in [0.15, 0.2) is 46.6 Å². The average molecular weight is 1250 g/mol. The molecule has 0 radical (unpaired) electrons. The summed E-state index contributed by atoms with van der Waals surface area (Å²) in [7, 11) is 0. The van der Waals surface area contributed by atoms with Crippen LogP contribution in [0.3, 0.4) is 0 Å². The average Bonchev–Trinajstić information content (AvgIpc) is 3.09. The number of benzene rings is 1. The van der Waals surface area contributed by atoms with E-state index >= 15 is 0 Å². The fourth-order valence-electron chi connectivity index (χ4n) is 8.79. The molecule has 21 N–H and O–H groups in total. The molecule has 466 valence electrons. The molecule has 31 heteroatoms. The molecule has 0 fully saturated rings. The van der Waals surface area contributed by atoms with Crippen molar-refractivity contribution in [3.8, 4) is 21.4 Å². The Labute approximate surface area is 509 Å². The maximum atomic E-state index is 14.3. The van der Waals surface area contributed by atoms with Crippen molar-refractivity contribution in [2.24, 2.45) is 28.9 Å². The van der Waals surface area contributed by atoms with Crippen LogP contribution in [0.2, 0.25) is 0 Å². The maximum absolute atomic E-state index is 14.3. The van der Waals surface area contributed by atoms with Crippen LogP contribution < -0.4 is 71.2 Å². The molecule has 5 aromatic heterocycles. The number of carbonyl (C=O) groups is 7. The van der Waals surface area contributed by atoms with Crippen LogP contribution in [0.4, 0.5) is 5.82 Å². The van der Waals surface area contributed by atoms with Crippen molar-refractivity contribution in [2.45, 2.75) is 115 Å². The number of anilines is 1. The quantitative estimate of drug-likeness (QED) is 0.0216. The van der Waals surface area contributed by atoms with Crippen LogP contribution in [0.1, 0.15) is 102 Å². The Hall–Kier alpha value is -7.46. The maximum Gasteiger partial charge on any atom is 0.271 e. The number of H-pyrrole nitrogens is 1. The largest absolute Gasteiger partial charge is 0.391 e. The van der Waals surface area contributed by atoms with Crippen LogP contribution in [0.25, 0.3) is 32.3 Å². The molecule has 86 heavy (non-hydrogen) atoms. The summed E-state index contributed by atoms with van der Waals surface area (Å²) in [6.45, 7) is 10.4. The third-order valence-electron chi connectivity index (χ3n) is 13.9. The van der Waals surface area contributed by atoms with Gasteiger partial charge >= 0.3 is 0 Å². The zero-order chi connectivity index (χ0) is 62.5. The van der Waals surface area contributed by atoms with E-state index < -0.39 is 83.8 Å². The summed E-state index contributed by atoms with van der Waals surface area (Å²) in [5.41, 5.74) is 31.2. The number of nitrogens with two attached hydrogens (primary N) is 5. The molecule has 7 amide bonds. The summed E-state index contributed by atoms with van der Waals surface area (Å²) in [5.74, 6) is -6.46. The minimum absolute atomic E-state index is 0.0702. The van der Waals surface area contributed by atoms with Gasteiger partial charge in [0, 0.05) is 77.7 Å². The van der Waals surface area contributed by atoms with Crippen LogP contribution in [-0.4, -0.2) is 170 Å². The van der Waals surface area contributed by atoms with Gasteiger partial charge < -0.3 is 86.4 Å². The molecule has 6 rings (SSSR count). The molecule has 6 aromatic rings. The summed E-state index contributed by atoms with van der Waals surface area (Å²) in [6.07, 6.45) is 2.58. The van der Waals surface area contributed by atoms with E-state index in [-0.39, 0.29) is 54.7 Å². The molecule has 0 aliphatic heterocycles. The van der Waals surface area contributed by atoms with E-state index in [9.17, 15) is 43.8 Å². The number of para-hydroxylation sites is 1. The Kier molecular flexibility index (Phi) is 26.3. The lowest BCUT2D eigenvalue weighted by atomic mass is 9.96. The van der Waals surface area contributed by atoms with Gasteiger partial charge in [0.1, 0.15) is 56.5 Å². The van der Waals surface area contributed by atoms with Gasteiger partial charge in [0.05, 0.1) is 41.3 Å². The van der Waals surface area contributed by atoms with Crippen molar-refractivity contribution in [1.82, 2.24) is 72.4 Å². The summed E-state index contributed by atoms with van der Waals surface area (Å²) in [5, 5.41) is 53.5. The van der Waals surface area contributed by atoms with Crippen molar-refractivity contribution in [3.05, 3.63) is 79.9 Å². The number of thiazole rings is 3. The second kappa shape index (κ2) is 33.4. The first-order chi connectivity index (χ1) is 41.1. The van der Waals surface area contributed by atoms with Crippen LogP contribution in [0.5, 0.6) is 0 Å². The number of hydrogen-bond acceptors (Lipinski definition) is 23. The predicted molar refractivity (Wildman–Crippen MR) is 329 cm³/mol. The summed E-state index contributed by atoms with van der Waals surface area (Å²) < 4.78 is 0. The molecule has 5 heterocycles. The molecule has 0 bridgehead atoms. The zero-order valence-electron chi connectivity index (χ0n) is 48.4. The smallest absolute Gasteiger partial charge is 0.271 e. The number of amides is 7. The normalized spacial score (nSPS) is 14.3. The first-order valence-corrected chi connectivity index (χ1v) is 30.9. The fraction of sp³-hybridized carbons (Fsp3) is 0.491. The second-order valence-electron chi connectivity index (χ2n) is 20.7. The number of rotatable bonds is 37. The van der Waals surface area contributed by atoms with Gasteiger partial charge in [-0.15, -0.1) is 34.0 Å². The summed E-state index contributed by atoms with van der Waals surface area (Å²) >= 11 is 4.07. The van der Waals surface area contributed by atoms with Crippen LogP contribution in [-0.2, 0) is 36.8 Å². The second-order valence-corrected chi connectivity index (χ2v) is 23.3. The molecule has 28 nitrogen and oxygen atoms in total. The number of aromatic amines is 1. The number of unbranched alkanes of at least 4 members (excludes halogenated alkanes) is 1. The molecule has 0 spiro atoms. The Balaban J connectivity index is 1.00. The number of nitrogen functional groups attached to an aromatic ring is 1. The number of carbonyl (C=O) groups excluding carboxylic acids is 7. The number of aromatic nitrogens is 6. The molecule has 1 aromatic carbocycles. The highest BCUT2D eigenvalue weighted by Crippen LogP contribution is 2.31. The Morgan fingerprint density at radius 3 is 2.10 bits per heavy atom. The minimum Gasteiger partial charge on any atom is -0.391 e. The van der Waals surface area contributed by atoms with Gasteiger partial charge in [-0.05, 0) is 90.8 Å². The highest BCUT2D eigenvalue weighted by atomic mass is 32.1. The third kappa shape index (κ3) is 19.8. The van der Waals surface area contributed by atoms with Crippen molar-refractivity contribution >= 4 is 92.1 Å². The number of nitrogens with one attached hydrogen (secondary N) is 9. The first kappa shape index (κ1) is 67.7. The molecule has 0 unspecified atom stereocenters. The zero-order valence-corrected chi connectivity index (χ0v) is 50.9. The van der Waals surface area contributed by atoms with Gasteiger partial charge in [-0.3, -0.25) is 33.6 Å². The van der Waals surface area contributed by atoms with Crippen molar-refractivity contribution in [3.63, 3.8) is 0 Å². The Morgan fingerprint density at radius 1 is 0.721 bits per heavy atom. The van der Waals surface area contributed by atoms with E-state index in [1.54, 1.807) is 11.6 Å². The van der Waals surface area contributed by atoms with E-state index in [1.807, 2.05) is 35.0 Å². The number of aliphatic hydroxyl groups excluding tert-OH is 2. The third-order valence-corrected chi connectivity index (χ3v) is 16.5. The number of primary amides is 2. The lowest BCUT2D eigenvalue weighted by molar-refractivity contribution is -0.136. The molecule has 0 saturated carbocycles. The van der Waals surface area contributed by atoms with Crippen LogP contribution >= 0.6 is 34.0 Å². The lowest BCUT2D eigenvalue weighted by Crippen LogP contribution is -2.57.